The van der Waals surface area contributed by atoms with E-state index in [1.165, 1.54) is 0 Å². The summed E-state index contributed by atoms with van der Waals surface area (Å²) in [5.74, 6) is 0.745. The van der Waals surface area contributed by atoms with Crippen LogP contribution in [0.2, 0.25) is 0 Å². The van der Waals surface area contributed by atoms with Gasteiger partial charge in [-0.2, -0.15) is 0 Å². The van der Waals surface area contributed by atoms with E-state index in [0.717, 1.165) is 54.8 Å². The molecule has 5 heteroatoms. The van der Waals surface area contributed by atoms with Crippen LogP contribution in [0.4, 0.5) is 0 Å². The van der Waals surface area contributed by atoms with Crippen LogP contribution in [-0.4, -0.2) is 32.9 Å². The monoisotopic (exact) mass is 354 g/mol. The highest BCUT2D eigenvalue weighted by Gasteiger charge is 2.27. The normalized spacial score (nSPS) is 19.6. The quantitative estimate of drug-likeness (QED) is 0.636. The number of nitrogens with zero attached hydrogens (tertiary/aromatic N) is 3. The molecule has 5 nitrogen and oxygen atoms in total. The predicted octanol–water partition coefficient (Wildman–Crippen LogP) is 3.58. The Kier molecular flexibility index (Phi) is 3.74. The number of nitrogens with one attached hydrogen (secondary N) is 1. The summed E-state index contributed by atoms with van der Waals surface area (Å²) >= 11 is 0. The zero-order valence-corrected chi connectivity index (χ0v) is 14.8. The molecule has 0 amide bonds. The number of aromatic amines is 1. The minimum Gasteiger partial charge on any atom is -0.341 e. The molecule has 0 fully saturated rings. The lowest BCUT2D eigenvalue weighted by Gasteiger charge is -2.34. The van der Waals surface area contributed by atoms with Crippen molar-refractivity contribution in [2.45, 2.75) is 44.7 Å². The van der Waals surface area contributed by atoms with Crippen LogP contribution in [0.25, 0.3) is 11.0 Å². The average Bonchev–Trinajstić information content (AvgIpc) is 3.12. The van der Waals surface area contributed by atoms with Crippen molar-refractivity contribution in [2.75, 3.05) is 13.1 Å². The highest BCUT2D eigenvalue weighted by molar-refractivity contribution is 5.74. The van der Waals surface area contributed by atoms with Gasteiger partial charge in [0, 0.05) is 6.17 Å². The van der Waals surface area contributed by atoms with Gasteiger partial charge in [-0.15, -0.1) is 0 Å². The Labute approximate surface area is 161 Å². The van der Waals surface area contributed by atoms with E-state index < -0.39 is 0 Å². The second-order valence-corrected chi connectivity index (χ2v) is 6.77. The largest absolute Gasteiger partial charge is 0.341 e. The number of benzene rings is 1. The van der Waals surface area contributed by atoms with E-state index in [1.807, 2.05) is 0 Å². The van der Waals surface area contributed by atoms with E-state index in [2.05, 4.69) is 19.9 Å². The Bertz CT molecular complexity index is 1060. The Morgan fingerprint density at radius 2 is 2.19 bits per heavy atom. The Balaban J connectivity index is 1.68. The number of aromatic nitrogens is 3. The molecule has 0 saturated carbocycles. The van der Waals surface area contributed by atoms with Crippen molar-refractivity contribution in [1.29, 1.82) is 0 Å². The number of H-pyrrole nitrogens is 1. The first kappa shape index (κ1) is 12.2. The molecule has 1 aliphatic carbocycles. The van der Waals surface area contributed by atoms with Crippen LogP contribution in [0.1, 0.15) is 55.7 Å². The van der Waals surface area contributed by atoms with Crippen molar-refractivity contribution >= 4 is 11.0 Å². The molecule has 2 heterocycles. The molecular formula is C21H27N5. The van der Waals surface area contributed by atoms with E-state index in [4.69, 9.17) is 12.6 Å². The highest BCUT2D eigenvalue weighted by Crippen LogP contribution is 2.33. The fourth-order valence-corrected chi connectivity index (χ4v) is 3.72. The molecule has 1 atom stereocenters. The number of imidazole rings is 1. The molecule has 0 aliphatic heterocycles. The summed E-state index contributed by atoms with van der Waals surface area (Å²) in [5, 5.41) is 0. The Morgan fingerprint density at radius 3 is 3.12 bits per heavy atom. The van der Waals surface area contributed by atoms with Crippen LogP contribution >= 0.6 is 0 Å². The number of hydrogen-bond acceptors (Lipinski definition) is 4. The van der Waals surface area contributed by atoms with Gasteiger partial charge in [-0.1, -0.05) is 18.1 Å². The number of rotatable bonds is 7. The third kappa shape index (κ3) is 3.64. The molecule has 2 aromatic heterocycles. The van der Waals surface area contributed by atoms with Crippen molar-refractivity contribution in [2.24, 2.45) is 5.73 Å². The predicted molar refractivity (Wildman–Crippen MR) is 105 cm³/mol. The maximum Gasteiger partial charge on any atom is 0.121 e. The second kappa shape index (κ2) is 7.98. The molecule has 0 spiro atoms. The molecule has 26 heavy (non-hydrogen) atoms. The number of fused-ring (bicyclic) bond motifs is 2. The zero-order valence-electron chi connectivity index (χ0n) is 19.8. The second-order valence-electron chi connectivity index (χ2n) is 6.77. The third-order valence-corrected chi connectivity index (χ3v) is 4.99. The molecule has 0 bridgehead atoms. The number of unbranched alkanes of at least 4 members (excludes halogenated alkanes) is 1. The van der Waals surface area contributed by atoms with Crippen LogP contribution in [0, 0.1) is 0 Å². The Hall–Kier alpha value is -2.24. The van der Waals surface area contributed by atoms with Crippen molar-refractivity contribution in [3.05, 3.63) is 59.6 Å². The van der Waals surface area contributed by atoms with Gasteiger partial charge in [-0.05, 0) is 68.9 Å². The van der Waals surface area contributed by atoms with Gasteiger partial charge in [0.25, 0.3) is 0 Å². The van der Waals surface area contributed by atoms with Crippen molar-refractivity contribution in [1.82, 2.24) is 19.9 Å². The molecule has 3 aromatic rings. The first-order valence-corrected chi connectivity index (χ1v) is 9.25. The summed E-state index contributed by atoms with van der Waals surface area (Å²) in [6.45, 7) is 1.91. The molecule has 0 unspecified atom stereocenters. The van der Waals surface area contributed by atoms with E-state index in [0.29, 0.717) is 25.0 Å². The summed E-state index contributed by atoms with van der Waals surface area (Å²) in [6, 6.07) is 3.49. The standard InChI is InChI=1S/C21H27N5/c22-12-3-4-14-26(15-20-24-17-9-1-2-10-18(17)25-20)19-11-5-7-16-8-6-13-23-21(16)19/h1-2,6,8-10,13,19H,3-5,7,11-12,14-15,22H2,(H,24,25)/t19-/m0/s1/i1D,2D,6D,8D,13D. The van der Waals surface area contributed by atoms with Gasteiger partial charge < -0.3 is 10.7 Å². The van der Waals surface area contributed by atoms with E-state index in [-0.39, 0.29) is 36.4 Å². The number of para-hydroxylation sites is 2. The molecule has 0 saturated heterocycles. The molecule has 4 rings (SSSR count). The van der Waals surface area contributed by atoms with E-state index >= 15 is 0 Å². The van der Waals surface area contributed by atoms with Gasteiger partial charge in [-0.25, -0.2) is 4.98 Å². The van der Waals surface area contributed by atoms with Gasteiger partial charge >= 0.3 is 0 Å². The first-order valence-electron chi connectivity index (χ1n) is 11.8. The topological polar surface area (TPSA) is 70.8 Å². The molecule has 1 aromatic carbocycles. The number of nitrogens with two attached hydrogens (primary N) is 1. The summed E-state index contributed by atoms with van der Waals surface area (Å²) in [7, 11) is 0. The summed E-state index contributed by atoms with van der Waals surface area (Å²) in [4.78, 5) is 14.6. The fourth-order valence-electron chi connectivity index (χ4n) is 3.72. The highest BCUT2D eigenvalue weighted by atomic mass is 15.2. The van der Waals surface area contributed by atoms with Gasteiger partial charge in [0.2, 0.25) is 0 Å². The molecular weight excluding hydrogens is 322 g/mol. The average molecular weight is 355 g/mol. The molecule has 1 aliphatic rings. The number of pyridine rings is 1. The SMILES string of the molecule is [2H]c1cc2nc(CN(CCCCN)[C@H]3CCCc4c3nc([2H])c([2H])c4[2H])[nH]c2cc1[2H]. The summed E-state index contributed by atoms with van der Waals surface area (Å²) in [6.07, 6.45) is 4.14. The molecule has 3 N–H and O–H groups in total. The third-order valence-electron chi connectivity index (χ3n) is 4.99. The smallest absolute Gasteiger partial charge is 0.121 e. The number of hydrogen-bond donors (Lipinski definition) is 2. The summed E-state index contributed by atoms with van der Waals surface area (Å²) < 4.78 is 40.0. The zero-order chi connectivity index (χ0) is 22.1. The van der Waals surface area contributed by atoms with Crippen molar-refractivity contribution in [3.63, 3.8) is 0 Å². The minimum absolute atomic E-state index is 0.0537. The Morgan fingerprint density at radius 1 is 1.27 bits per heavy atom. The van der Waals surface area contributed by atoms with Crippen LogP contribution in [0.5, 0.6) is 0 Å². The maximum absolute atomic E-state index is 8.31. The van der Waals surface area contributed by atoms with Crippen LogP contribution in [0.15, 0.2) is 42.5 Å². The van der Waals surface area contributed by atoms with E-state index in [1.54, 1.807) is 12.1 Å². The van der Waals surface area contributed by atoms with Crippen LogP contribution in [0.3, 0.4) is 0 Å². The van der Waals surface area contributed by atoms with Crippen molar-refractivity contribution in [3.8, 4) is 0 Å². The lowest BCUT2D eigenvalue weighted by molar-refractivity contribution is 0.159. The molecule has 0 radical (unpaired) electrons. The summed E-state index contributed by atoms with van der Waals surface area (Å²) in [5.41, 5.74) is 8.63. The van der Waals surface area contributed by atoms with Gasteiger partial charge in [-0.3, -0.25) is 9.88 Å². The maximum atomic E-state index is 8.31. The lowest BCUT2D eigenvalue weighted by Crippen LogP contribution is -2.33. The minimum atomic E-state index is -0.146. The van der Waals surface area contributed by atoms with Crippen LogP contribution < -0.4 is 5.73 Å². The van der Waals surface area contributed by atoms with Gasteiger partial charge in [0.1, 0.15) is 5.82 Å². The van der Waals surface area contributed by atoms with Crippen LogP contribution in [-0.2, 0) is 13.0 Å². The fraction of sp³-hybridized carbons (Fsp3) is 0.429. The van der Waals surface area contributed by atoms with E-state index in [9.17, 15) is 0 Å². The van der Waals surface area contributed by atoms with Gasteiger partial charge in [0.05, 0.1) is 36.2 Å². The first-order chi connectivity index (χ1) is 14.9. The lowest BCUT2D eigenvalue weighted by atomic mass is 9.90. The molecule has 136 valence electrons. The van der Waals surface area contributed by atoms with Crippen molar-refractivity contribution < 1.29 is 6.85 Å². The van der Waals surface area contributed by atoms with Gasteiger partial charge in [0.15, 0.2) is 0 Å².